The first kappa shape index (κ1) is 9.68. The van der Waals surface area contributed by atoms with Crippen LogP contribution in [0.25, 0.3) is 0 Å². The SMILES string of the molecule is Cn1cc(CC(O)[C@H]2CCCN2)cn1. The molecule has 78 valence electrons. The third-order valence-electron chi connectivity index (χ3n) is 2.77. The molecule has 0 amide bonds. The lowest BCUT2D eigenvalue weighted by Gasteiger charge is -2.17. The van der Waals surface area contributed by atoms with E-state index in [1.54, 1.807) is 4.68 Å². The zero-order chi connectivity index (χ0) is 9.97. The van der Waals surface area contributed by atoms with Gasteiger partial charge in [-0.1, -0.05) is 0 Å². The summed E-state index contributed by atoms with van der Waals surface area (Å²) in [4.78, 5) is 0. The van der Waals surface area contributed by atoms with E-state index < -0.39 is 0 Å². The number of nitrogens with zero attached hydrogens (tertiary/aromatic N) is 2. The Labute approximate surface area is 83.9 Å². The molecule has 1 aliphatic rings. The first-order valence-electron chi connectivity index (χ1n) is 5.14. The number of hydrogen-bond donors (Lipinski definition) is 2. The number of aliphatic hydroxyl groups excluding tert-OH is 1. The molecule has 1 unspecified atom stereocenters. The minimum absolute atomic E-state index is 0.273. The molecule has 1 aliphatic heterocycles. The molecule has 1 fully saturated rings. The fraction of sp³-hybridized carbons (Fsp3) is 0.700. The molecule has 2 atom stereocenters. The van der Waals surface area contributed by atoms with Crippen LogP contribution >= 0.6 is 0 Å². The first-order valence-corrected chi connectivity index (χ1v) is 5.14. The number of rotatable bonds is 3. The summed E-state index contributed by atoms with van der Waals surface area (Å²) in [6.07, 6.45) is 6.46. The van der Waals surface area contributed by atoms with Gasteiger partial charge in [-0.2, -0.15) is 5.10 Å². The van der Waals surface area contributed by atoms with Crippen molar-refractivity contribution in [2.24, 2.45) is 7.05 Å². The van der Waals surface area contributed by atoms with Crippen LogP contribution in [-0.2, 0) is 13.5 Å². The molecule has 0 bridgehead atoms. The minimum atomic E-state index is -0.276. The predicted molar refractivity (Wildman–Crippen MR) is 53.9 cm³/mol. The number of aryl methyl sites for hydroxylation is 1. The predicted octanol–water partition coefficient (Wildman–Crippen LogP) is 0.0755. The van der Waals surface area contributed by atoms with Crippen molar-refractivity contribution in [2.75, 3.05) is 6.54 Å². The van der Waals surface area contributed by atoms with E-state index in [9.17, 15) is 5.11 Å². The Bertz CT molecular complexity index is 291. The van der Waals surface area contributed by atoms with E-state index in [2.05, 4.69) is 10.4 Å². The highest BCUT2D eigenvalue weighted by Crippen LogP contribution is 2.13. The Kier molecular flexibility index (Phi) is 2.84. The maximum absolute atomic E-state index is 9.91. The topological polar surface area (TPSA) is 50.1 Å². The molecule has 0 aliphatic carbocycles. The Balaban J connectivity index is 1.90. The summed E-state index contributed by atoms with van der Waals surface area (Å²) in [5, 5.41) is 17.3. The minimum Gasteiger partial charge on any atom is -0.391 e. The van der Waals surface area contributed by atoms with E-state index in [4.69, 9.17) is 0 Å². The maximum atomic E-state index is 9.91. The van der Waals surface area contributed by atoms with Gasteiger partial charge in [-0.05, 0) is 24.9 Å². The van der Waals surface area contributed by atoms with Crippen LogP contribution in [0.2, 0.25) is 0 Å². The van der Waals surface area contributed by atoms with Crippen molar-refractivity contribution in [3.63, 3.8) is 0 Å². The van der Waals surface area contributed by atoms with Gasteiger partial charge < -0.3 is 10.4 Å². The lowest BCUT2D eigenvalue weighted by Crippen LogP contribution is -2.36. The first-order chi connectivity index (χ1) is 6.75. The van der Waals surface area contributed by atoms with Crippen molar-refractivity contribution < 1.29 is 5.11 Å². The van der Waals surface area contributed by atoms with Gasteiger partial charge in [-0.15, -0.1) is 0 Å². The van der Waals surface area contributed by atoms with Crippen molar-refractivity contribution in [3.05, 3.63) is 18.0 Å². The highest BCUT2D eigenvalue weighted by Gasteiger charge is 2.22. The lowest BCUT2D eigenvalue weighted by molar-refractivity contribution is 0.136. The fourth-order valence-electron chi connectivity index (χ4n) is 2.00. The van der Waals surface area contributed by atoms with E-state index in [1.165, 1.54) is 6.42 Å². The van der Waals surface area contributed by atoms with Crippen LogP contribution in [0.4, 0.5) is 0 Å². The van der Waals surface area contributed by atoms with Gasteiger partial charge in [0.25, 0.3) is 0 Å². The standard InChI is InChI=1S/C10H17N3O/c1-13-7-8(6-12-13)5-10(14)9-3-2-4-11-9/h6-7,9-11,14H,2-5H2,1H3/t9-,10?/m1/s1. The summed E-state index contributed by atoms with van der Waals surface area (Å²) in [7, 11) is 1.89. The Morgan fingerprint density at radius 2 is 2.64 bits per heavy atom. The van der Waals surface area contributed by atoms with Crippen molar-refractivity contribution in [1.82, 2.24) is 15.1 Å². The van der Waals surface area contributed by atoms with E-state index >= 15 is 0 Å². The molecule has 4 nitrogen and oxygen atoms in total. The van der Waals surface area contributed by atoms with Gasteiger partial charge in [0.15, 0.2) is 0 Å². The van der Waals surface area contributed by atoms with Gasteiger partial charge >= 0.3 is 0 Å². The summed E-state index contributed by atoms with van der Waals surface area (Å²) in [5.41, 5.74) is 1.11. The van der Waals surface area contributed by atoms with Crippen molar-refractivity contribution in [3.8, 4) is 0 Å². The number of aliphatic hydroxyl groups is 1. The van der Waals surface area contributed by atoms with Crippen molar-refractivity contribution >= 4 is 0 Å². The van der Waals surface area contributed by atoms with Gasteiger partial charge in [-0.25, -0.2) is 0 Å². The number of aromatic nitrogens is 2. The number of nitrogens with one attached hydrogen (secondary N) is 1. The van der Waals surface area contributed by atoms with Crippen LogP contribution in [0.1, 0.15) is 18.4 Å². The normalized spacial score (nSPS) is 24.0. The third-order valence-corrected chi connectivity index (χ3v) is 2.77. The third kappa shape index (κ3) is 2.13. The molecule has 0 saturated carbocycles. The summed E-state index contributed by atoms with van der Waals surface area (Å²) in [6.45, 7) is 1.04. The van der Waals surface area contributed by atoms with Gasteiger partial charge in [-0.3, -0.25) is 4.68 Å². The molecule has 1 saturated heterocycles. The summed E-state index contributed by atoms with van der Waals surface area (Å²) < 4.78 is 1.77. The summed E-state index contributed by atoms with van der Waals surface area (Å²) in [5.74, 6) is 0. The Morgan fingerprint density at radius 3 is 3.21 bits per heavy atom. The van der Waals surface area contributed by atoms with Crippen LogP contribution in [0.5, 0.6) is 0 Å². The molecule has 2 heterocycles. The molecule has 4 heteroatoms. The van der Waals surface area contributed by atoms with Gasteiger partial charge in [0.1, 0.15) is 0 Å². The van der Waals surface area contributed by atoms with Gasteiger partial charge in [0, 0.05) is 25.7 Å². The summed E-state index contributed by atoms with van der Waals surface area (Å²) in [6, 6.07) is 0.273. The van der Waals surface area contributed by atoms with Crippen LogP contribution in [0.3, 0.4) is 0 Å². The monoisotopic (exact) mass is 195 g/mol. The molecule has 1 aromatic heterocycles. The van der Waals surface area contributed by atoms with Crippen LogP contribution in [0.15, 0.2) is 12.4 Å². The van der Waals surface area contributed by atoms with Crippen molar-refractivity contribution in [2.45, 2.75) is 31.4 Å². The van der Waals surface area contributed by atoms with E-state index in [0.717, 1.165) is 18.5 Å². The molecule has 0 radical (unpaired) electrons. The van der Waals surface area contributed by atoms with Crippen LogP contribution in [0, 0.1) is 0 Å². The van der Waals surface area contributed by atoms with Gasteiger partial charge in [0.2, 0.25) is 0 Å². The average molecular weight is 195 g/mol. The largest absolute Gasteiger partial charge is 0.391 e. The zero-order valence-corrected chi connectivity index (χ0v) is 8.48. The Morgan fingerprint density at radius 1 is 1.79 bits per heavy atom. The molecule has 2 N–H and O–H groups in total. The quantitative estimate of drug-likeness (QED) is 0.718. The van der Waals surface area contributed by atoms with E-state index in [0.29, 0.717) is 6.42 Å². The smallest absolute Gasteiger partial charge is 0.0734 e. The van der Waals surface area contributed by atoms with Gasteiger partial charge in [0.05, 0.1) is 12.3 Å². The van der Waals surface area contributed by atoms with Crippen molar-refractivity contribution in [1.29, 1.82) is 0 Å². The second-order valence-electron chi connectivity index (χ2n) is 4.00. The van der Waals surface area contributed by atoms with E-state index in [-0.39, 0.29) is 12.1 Å². The number of hydrogen-bond acceptors (Lipinski definition) is 3. The van der Waals surface area contributed by atoms with E-state index in [1.807, 2.05) is 19.4 Å². The second kappa shape index (κ2) is 4.11. The lowest BCUT2D eigenvalue weighted by atomic mass is 10.0. The maximum Gasteiger partial charge on any atom is 0.0734 e. The molecule has 2 rings (SSSR count). The van der Waals surface area contributed by atoms with Crippen LogP contribution < -0.4 is 5.32 Å². The second-order valence-corrected chi connectivity index (χ2v) is 4.00. The van der Waals surface area contributed by atoms with Crippen LogP contribution in [-0.4, -0.2) is 33.6 Å². The average Bonchev–Trinajstić information content (AvgIpc) is 2.75. The molecule has 0 spiro atoms. The molecule has 1 aromatic rings. The zero-order valence-electron chi connectivity index (χ0n) is 8.48. The Hall–Kier alpha value is -0.870. The molecular weight excluding hydrogens is 178 g/mol. The molecule has 14 heavy (non-hydrogen) atoms. The fourth-order valence-corrected chi connectivity index (χ4v) is 2.00. The highest BCUT2D eigenvalue weighted by molar-refractivity contribution is 5.06. The molecule has 0 aromatic carbocycles. The molecular formula is C10H17N3O. The summed E-state index contributed by atoms with van der Waals surface area (Å²) >= 11 is 0. The highest BCUT2D eigenvalue weighted by atomic mass is 16.3.